The molecule has 0 aliphatic heterocycles. The minimum atomic E-state index is -0.185. The third kappa shape index (κ3) is 3.86. The van der Waals surface area contributed by atoms with Crippen LogP contribution in [0.2, 0.25) is 0 Å². The normalized spacial score (nSPS) is 10.4. The highest BCUT2D eigenvalue weighted by molar-refractivity contribution is 7.21. The number of amides is 1. The summed E-state index contributed by atoms with van der Waals surface area (Å²) in [6.45, 7) is 4.33. The van der Waals surface area contributed by atoms with Crippen molar-refractivity contribution in [3.8, 4) is 5.75 Å². The Morgan fingerprint density at radius 3 is 2.80 bits per heavy atom. The molecule has 3 aromatic rings. The number of ether oxygens (including phenoxy) is 1. The number of pyridine rings is 1. The molecule has 1 amide bonds. The number of nitrogen functional groups attached to an aromatic ring is 1. The summed E-state index contributed by atoms with van der Waals surface area (Å²) in [5, 5.41) is 3.78. The Morgan fingerprint density at radius 1 is 1.32 bits per heavy atom. The summed E-state index contributed by atoms with van der Waals surface area (Å²) in [4.78, 5) is 18.3. The second kappa shape index (κ2) is 7.72. The second-order valence-electron chi connectivity index (χ2n) is 5.64. The number of benzene rings is 1. The molecular formula is C18H20ClN3O2S. The zero-order chi connectivity index (χ0) is 17.3. The van der Waals surface area contributed by atoms with Crippen molar-refractivity contribution in [3.63, 3.8) is 0 Å². The standard InChI is InChI=1S/C18H19N3O2S.ClH/c1-10-7-11(2)21-18-14(10)15(19)16(24-18)17(22)20-9-12-5-4-6-13(8-12)23-3;/h4-8H,9,19H2,1-3H3,(H,20,22);1H. The van der Waals surface area contributed by atoms with E-state index in [1.807, 2.05) is 44.2 Å². The first-order chi connectivity index (χ1) is 11.5. The van der Waals surface area contributed by atoms with Crippen LogP contribution < -0.4 is 15.8 Å². The molecule has 0 fully saturated rings. The number of fused-ring (bicyclic) bond motifs is 1. The number of carbonyl (C=O) groups excluding carboxylic acids is 1. The van der Waals surface area contributed by atoms with E-state index in [4.69, 9.17) is 10.5 Å². The van der Waals surface area contributed by atoms with E-state index in [0.717, 1.165) is 32.8 Å². The Labute approximate surface area is 156 Å². The Morgan fingerprint density at radius 2 is 2.08 bits per heavy atom. The lowest BCUT2D eigenvalue weighted by Crippen LogP contribution is -2.22. The van der Waals surface area contributed by atoms with Gasteiger partial charge in [-0.15, -0.1) is 23.7 Å². The summed E-state index contributed by atoms with van der Waals surface area (Å²) >= 11 is 1.33. The first kappa shape index (κ1) is 19.0. The maximum Gasteiger partial charge on any atom is 0.263 e. The van der Waals surface area contributed by atoms with E-state index in [0.29, 0.717) is 17.1 Å². The fraction of sp³-hybridized carbons (Fsp3) is 0.222. The van der Waals surface area contributed by atoms with Gasteiger partial charge in [0.1, 0.15) is 15.5 Å². The van der Waals surface area contributed by atoms with Gasteiger partial charge in [0.05, 0.1) is 12.8 Å². The average molecular weight is 378 g/mol. The number of thiophene rings is 1. The van der Waals surface area contributed by atoms with Crippen molar-refractivity contribution >= 4 is 45.6 Å². The molecule has 132 valence electrons. The van der Waals surface area contributed by atoms with E-state index in [9.17, 15) is 4.79 Å². The van der Waals surface area contributed by atoms with Crippen LogP contribution in [0.3, 0.4) is 0 Å². The predicted molar refractivity (Wildman–Crippen MR) is 105 cm³/mol. The Hall–Kier alpha value is -2.31. The minimum absolute atomic E-state index is 0. The minimum Gasteiger partial charge on any atom is -0.497 e. The van der Waals surface area contributed by atoms with Crippen molar-refractivity contribution in [1.29, 1.82) is 0 Å². The maximum atomic E-state index is 12.5. The molecule has 0 aliphatic rings. The number of rotatable bonds is 4. The smallest absolute Gasteiger partial charge is 0.263 e. The number of nitrogens with zero attached hydrogens (tertiary/aromatic N) is 1. The van der Waals surface area contributed by atoms with Crippen molar-refractivity contribution in [2.45, 2.75) is 20.4 Å². The van der Waals surface area contributed by atoms with Gasteiger partial charge in [-0.3, -0.25) is 4.79 Å². The van der Waals surface area contributed by atoms with Gasteiger partial charge in [0.25, 0.3) is 5.91 Å². The molecule has 2 aromatic heterocycles. The molecule has 3 rings (SSSR count). The van der Waals surface area contributed by atoms with Gasteiger partial charge in [-0.2, -0.15) is 0 Å². The lowest BCUT2D eigenvalue weighted by Gasteiger charge is -2.06. The zero-order valence-electron chi connectivity index (χ0n) is 14.3. The lowest BCUT2D eigenvalue weighted by molar-refractivity contribution is 0.0956. The number of aryl methyl sites for hydroxylation is 2. The van der Waals surface area contributed by atoms with Crippen LogP contribution in [0.4, 0.5) is 5.69 Å². The van der Waals surface area contributed by atoms with E-state index in [2.05, 4.69) is 10.3 Å². The Balaban J connectivity index is 0.00000225. The fourth-order valence-electron chi connectivity index (χ4n) is 2.68. The van der Waals surface area contributed by atoms with Crippen LogP contribution in [0.25, 0.3) is 10.2 Å². The first-order valence-corrected chi connectivity index (χ1v) is 8.38. The predicted octanol–water partition coefficient (Wildman–Crippen LogP) is 3.86. The molecule has 5 nitrogen and oxygen atoms in total. The van der Waals surface area contributed by atoms with Gasteiger partial charge in [0.2, 0.25) is 0 Å². The van der Waals surface area contributed by atoms with Crippen molar-refractivity contribution in [2.75, 3.05) is 12.8 Å². The van der Waals surface area contributed by atoms with Crippen LogP contribution in [0, 0.1) is 13.8 Å². The SMILES string of the molecule is COc1cccc(CNC(=O)c2sc3nc(C)cc(C)c3c2N)c1.Cl. The summed E-state index contributed by atoms with van der Waals surface area (Å²) in [5.74, 6) is 0.578. The van der Waals surface area contributed by atoms with Crippen LogP contribution in [0.5, 0.6) is 5.75 Å². The van der Waals surface area contributed by atoms with Gasteiger partial charge in [-0.25, -0.2) is 4.98 Å². The molecule has 0 bridgehead atoms. The summed E-state index contributed by atoms with van der Waals surface area (Å²) in [6, 6.07) is 9.56. The summed E-state index contributed by atoms with van der Waals surface area (Å²) in [7, 11) is 1.62. The van der Waals surface area contributed by atoms with Crippen LogP contribution in [0.15, 0.2) is 30.3 Å². The average Bonchev–Trinajstić information content (AvgIpc) is 2.89. The van der Waals surface area contributed by atoms with Gasteiger partial charge < -0.3 is 15.8 Å². The molecule has 0 unspecified atom stereocenters. The molecule has 0 atom stereocenters. The molecule has 2 heterocycles. The van der Waals surface area contributed by atoms with Gasteiger partial charge in [-0.05, 0) is 43.2 Å². The molecule has 3 N–H and O–H groups in total. The third-order valence-corrected chi connectivity index (χ3v) is 4.92. The molecular weight excluding hydrogens is 358 g/mol. The quantitative estimate of drug-likeness (QED) is 0.723. The molecule has 7 heteroatoms. The molecule has 0 radical (unpaired) electrons. The number of nitrogens with two attached hydrogens (primary N) is 1. The fourth-order valence-corrected chi connectivity index (χ4v) is 3.82. The third-order valence-electron chi connectivity index (χ3n) is 3.82. The topological polar surface area (TPSA) is 77.2 Å². The highest BCUT2D eigenvalue weighted by Gasteiger charge is 2.18. The van der Waals surface area contributed by atoms with E-state index in [-0.39, 0.29) is 18.3 Å². The highest BCUT2D eigenvalue weighted by Crippen LogP contribution is 2.34. The first-order valence-electron chi connectivity index (χ1n) is 7.57. The number of anilines is 1. The van der Waals surface area contributed by atoms with Crippen molar-refractivity contribution in [3.05, 3.63) is 52.0 Å². The molecule has 1 aromatic carbocycles. The van der Waals surface area contributed by atoms with Gasteiger partial charge >= 0.3 is 0 Å². The van der Waals surface area contributed by atoms with Crippen LogP contribution in [-0.4, -0.2) is 18.0 Å². The largest absolute Gasteiger partial charge is 0.497 e. The van der Waals surface area contributed by atoms with Crippen molar-refractivity contribution < 1.29 is 9.53 Å². The molecule has 0 spiro atoms. The number of halogens is 1. The van der Waals surface area contributed by atoms with E-state index in [1.165, 1.54) is 11.3 Å². The summed E-state index contributed by atoms with van der Waals surface area (Å²) in [6.07, 6.45) is 0. The maximum absolute atomic E-state index is 12.5. The van der Waals surface area contributed by atoms with Gasteiger partial charge in [-0.1, -0.05) is 12.1 Å². The zero-order valence-corrected chi connectivity index (χ0v) is 15.9. The number of methoxy groups -OCH3 is 1. The number of hydrogen-bond acceptors (Lipinski definition) is 5. The number of nitrogens with one attached hydrogen (secondary N) is 1. The molecule has 0 aliphatic carbocycles. The van der Waals surface area contributed by atoms with E-state index >= 15 is 0 Å². The van der Waals surface area contributed by atoms with E-state index < -0.39 is 0 Å². The summed E-state index contributed by atoms with van der Waals surface area (Å²) < 4.78 is 5.19. The molecule has 25 heavy (non-hydrogen) atoms. The van der Waals surface area contributed by atoms with Crippen LogP contribution >= 0.6 is 23.7 Å². The Bertz CT molecular complexity index is 924. The van der Waals surface area contributed by atoms with Crippen LogP contribution in [-0.2, 0) is 6.54 Å². The van der Waals surface area contributed by atoms with Crippen molar-refractivity contribution in [1.82, 2.24) is 10.3 Å². The van der Waals surface area contributed by atoms with Crippen LogP contribution in [0.1, 0.15) is 26.5 Å². The monoisotopic (exact) mass is 377 g/mol. The van der Waals surface area contributed by atoms with E-state index in [1.54, 1.807) is 7.11 Å². The van der Waals surface area contributed by atoms with Gasteiger partial charge in [0, 0.05) is 17.6 Å². The number of aromatic nitrogens is 1. The lowest BCUT2D eigenvalue weighted by atomic mass is 10.1. The Kier molecular flexibility index (Phi) is 5.87. The highest BCUT2D eigenvalue weighted by atomic mass is 35.5. The second-order valence-corrected chi connectivity index (χ2v) is 6.64. The molecule has 0 saturated heterocycles. The van der Waals surface area contributed by atoms with Gasteiger partial charge in [0.15, 0.2) is 0 Å². The summed E-state index contributed by atoms with van der Waals surface area (Å²) in [5.41, 5.74) is 9.62. The number of hydrogen-bond donors (Lipinski definition) is 2. The molecule has 0 saturated carbocycles. The number of carbonyl (C=O) groups is 1. The van der Waals surface area contributed by atoms with Crippen molar-refractivity contribution in [2.24, 2.45) is 0 Å².